The maximum absolute atomic E-state index is 13.1. The molecule has 1 aromatic rings. The Hall–Kier alpha value is -2.06. The smallest absolute Gasteiger partial charge is 0.317 e. The van der Waals surface area contributed by atoms with Crippen LogP contribution in [0.25, 0.3) is 0 Å². The number of thioether (sulfide) groups is 1. The van der Waals surface area contributed by atoms with E-state index in [1.54, 1.807) is 4.90 Å². The van der Waals surface area contributed by atoms with Crippen LogP contribution in [0.3, 0.4) is 0 Å². The van der Waals surface area contributed by atoms with E-state index in [2.05, 4.69) is 24.6 Å². The monoisotopic (exact) mass is 465 g/mol. The Morgan fingerprint density at radius 2 is 1.75 bits per heavy atom. The molecule has 0 saturated heterocycles. The lowest BCUT2D eigenvalue weighted by atomic mass is 10.1. The van der Waals surface area contributed by atoms with Crippen molar-refractivity contribution < 1.29 is 19.2 Å². The number of nitrogens with zero attached hydrogens (tertiary/aromatic N) is 1. The van der Waals surface area contributed by atoms with Gasteiger partial charge in [0.05, 0.1) is 5.60 Å². The van der Waals surface area contributed by atoms with Gasteiger partial charge in [-0.3, -0.25) is 14.4 Å². The molecule has 0 bridgehead atoms. The molecule has 0 aliphatic carbocycles. The predicted molar refractivity (Wildman–Crippen MR) is 130 cm³/mol. The van der Waals surface area contributed by atoms with Crippen LogP contribution in [0.4, 0.5) is 4.79 Å². The van der Waals surface area contributed by atoms with Gasteiger partial charge in [0, 0.05) is 38.2 Å². The number of amides is 3. The minimum Gasteiger partial charge on any atom is -0.334 e. The Morgan fingerprint density at radius 1 is 1.09 bits per heavy atom. The number of carbonyl (C=O) groups excluding carboxylic acids is 3. The average molecular weight is 466 g/mol. The van der Waals surface area contributed by atoms with E-state index >= 15 is 0 Å². The Balaban J connectivity index is 2.77. The van der Waals surface area contributed by atoms with E-state index in [1.807, 2.05) is 51.1 Å². The van der Waals surface area contributed by atoms with E-state index in [-0.39, 0.29) is 36.1 Å². The van der Waals surface area contributed by atoms with Gasteiger partial charge in [0.15, 0.2) is 5.12 Å². The van der Waals surface area contributed by atoms with Gasteiger partial charge in [-0.2, -0.15) is 0 Å². The summed E-state index contributed by atoms with van der Waals surface area (Å²) in [5, 5.41) is 3.09. The van der Waals surface area contributed by atoms with Gasteiger partial charge in [0.25, 0.3) is 0 Å². The predicted octanol–water partition coefficient (Wildman–Crippen LogP) is 4.17. The van der Waals surface area contributed by atoms with Crippen molar-refractivity contribution in [3.63, 3.8) is 0 Å². The van der Waals surface area contributed by atoms with E-state index in [1.165, 1.54) is 18.7 Å². The van der Waals surface area contributed by atoms with Crippen molar-refractivity contribution in [3.8, 4) is 0 Å². The maximum atomic E-state index is 13.1. The number of nitrogens with one attached hydrogen (secondary N) is 2. The fourth-order valence-electron chi connectivity index (χ4n) is 2.76. The highest BCUT2D eigenvalue weighted by atomic mass is 32.2. The fraction of sp³-hybridized carbons (Fsp3) is 0.625. The van der Waals surface area contributed by atoms with E-state index in [0.29, 0.717) is 24.6 Å². The first-order valence-corrected chi connectivity index (χ1v) is 12.1. The van der Waals surface area contributed by atoms with Crippen molar-refractivity contribution in [2.24, 2.45) is 5.92 Å². The molecule has 32 heavy (non-hydrogen) atoms. The van der Waals surface area contributed by atoms with Crippen LogP contribution in [0, 0.1) is 5.92 Å². The Bertz CT molecular complexity index is 720. The molecular weight excluding hydrogens is 426 g/mol. The van der Waals surface area contributed by atoms with Crippen molar-refractivity contribution in [2.45, 2.75) is 72.4 Å². The molecule has 3 amide bonds. The molecule has 0 spiro atoms. The molecule has 0 radical (unpaired) electrons. The van der Waals surface area contributed by atoms with E-state index in [0.717, 1.165) is 12.0 Å². The van der Waals surface area contributed by atoms with Gasteiger partial charge in [-0.25, -0.2) is 10.3 Å². The summed E-state index contributed by atoms with van der Waals surface area (Å²) in [4.78, 5) is 43.7. The number of benzene rings is 1. The number of rotatable bonds is 12. The molecule has 7 nitrogen and oxygen atoms in total. The zero-order chi connectivity index (χ0) is 24.1. The van der Waals surface area contributed by atoms with Crippen LogP contribution in [0.1, 0.15) is 59.9 Å². The zero-order valence-electron chi connectivity index (χ0n) is 20.3. The van der Waals surface area contributed by atoms with Gasteiger partial charge in [0.1, 0.15) is 0 Å². The topological polar surface area (TPSA) is 87.7 Å². The number of urea groups is 1. The number of hydrogen-bond acceptors (Lipinski definition) is 5. The summed E-state index contributed by atoms with van der Waals surface area (Å²) in [5.74, 6) is 0.653. The molecule has 0 heterocycles. The molecule has 0 aliphatic heterocycles. The van der Waals surface area contributed by atoms with Gasteiger partial charge in [0.2, 0.25) is 5.91 Å². The summed E-state index contributed by atoms with van der Waals surface area (Å²) in [7, 11) is 0. The molecule has 2 N–H and O–H groups in total. The standard InChI is InChI=1S/C24H39N3O4S/c1-18(2)12-14-27(15-13-22(29)26-31-24(4,5)6)23(30)25-21(17-32-19(3)28)16-20-10-8-7-9-11-20/h7-11,18,21H,12-17H2,1-6H3,(H,25,30)(H,26,29)/t21-/m0/s1. The third kappa shape index (κ3) is 13.4. The van der Waals surface area contributed by atoms with Crippen LogP contribution in [-0.4, -0.2) is 52.4 Å². The lowest BCUT2D eigenvalue weighted by Crippen LogP contribution is -2.48. The molecule has 180 valence electrons. The van der Waals surface area contributed by atoms with E-state index in [4.69, 9.17) is 4.84 Å². The van der Waals surface area contributed by atoms with Gasteiger partial charge in [-0.15, -0.1) is 0 Å². The van der Waals surface area contributed by atoms with Crippen LogP contribution in [0.5, 0.6) is 0 Å². The highest BCUT2D eigenvalue weighted by Gasteiger charge is 2.21. The lowest BCUT2D eigenvalue weighted by molar-refractivity contribution is -0.145. The first-order valence-electron chi connectivity index (χ1n) is 11.2. The van der Waals surface area contributed by atoms with Crippen LogP contribution < -0.4 is 10.8 Å². The molecule has 1 rings (SSSR count). The summed E-state index contributed by atoms with van der Waals surface area (Å²) in [6, 6.07) is 9.46. The molecule has 0 fully saturated rings. The van der Waals surface area contributed by atoms with Crippen molar-refractivity contribution in [1.29, 1.82) is 0 Å². The van der Waals surface area contributed by atoms with Crippen LogP contribution in [0.15, 0.2) is 30.3 Å². The quantitative estimate of drug-likeness (QED) is 0.452. The van der Waals surface area contributed by atoms with Gasteiger partial charge >= 0.3 is 6.03 Å². The van der Waals surface area contributed by atoms with Crippen LogP contribution in [0.2, 0.25) is 0 Å². The molecule has 0 aromatic heterocycles. The number of carbonyl (C=O) groups is 3. The second kappa shape index (κ2) is 14.2. The van der Waals surface area contributed by atoms with Gasteiger partial charge < -0.3 is 10.2 Å². The van der Waals surface area contributed by atoms with Gasteiger partial charge in [-0.05, 0) is 45.1 Å². The summed E-state index contributed by atoms with van der Waals surface area (Å²) >= 11 is 1.20. The molecular formula is C24H39N3O4S. The highest BCUT2D eigenvalue weighted by molar-refractivity contribution is 8.13. The second-order valence-electron chi connectivity index (χ2n) is 9.30. The third-order valence-electron chi connectivity index (χ3n) is 4.48. The molecule has 1 atom stereocenters. The van der Waals surface area contributed by atoms with Crippen LogP contribution >= 0.6 is 11.8 Å². The number of hydrogen-bond donors (Lipinski definition) is 2. The summed E-state index contributed by atoms with van der Waals surface area (Å²) in [6.45, 7) is 12.1. The summed E-state index contributed by atoms with van der Waals surface area (Å²) in [5.41, 5.74) is 3.06. The normalized spacial score (nSPS) is 12.3. The minimum atomic E-state index is -0.483. The minimum absolute atomic E-state index is 0.0180. The van der Waals surface area contributed by atoms with E-state index in [9.17, 15) is 14.4 Å². The fourth-order valence-corrected chi connectivity index (χ4v) is 3.40. The average Bonchev–Trinajstić information content (AvgIpc) is 2.70. The first-order chi connectivity index (χ1) is 15.0. The van der Waals surface area contributed by atoms with Crippen molar-refractivity contribution in [1.82, 2.24) is 15.7 Å². The largest absolute Gasteiger partial charge is 0.334 e. The zero-order valence-corrected chi connectivity index (χ0v) is 21.1. The molecule has 1 aromatic carbocycles. The van der Waals surface area contributed by atoms with Gasteiger partial charge in [-0.1, -0.05) is 55.9 Å². The third-order valence-corrected chi connectivity index (χ3v) is 5.46. The highest BCUT2D eigenvalue weighted by Crippen LogP contribution is 2.12. The first kappa shape index (κ1) is 28.0. The molecule has 0 aliphatic rings. The second-order valence-corrected chi connectivity index (χ2v) is 10.5. The van der Waals surface area contributed by atoms with Crippen molar-refractivity contribution >= 4 is 28.8 Å². The molecule has 8 heteroatoms. The maximum Gasteiger partial charge on any atom is 0.317 e. The SMILES string of the molecule is CC(=O)SC[C@H](Cc1ccccc1)NC(=O)N(CCC(=O)NOC(C)(C)C)CCC(C)C. The number of hydroxylamine groups is 1. The van der Waals surface area contributed by atoms with Crippen molar-refractivity contribution in [3.05, 3.63) is 35.9 Å². The Morgan fingerprint density at radius 3 is 2.31 bits per heavy atom. The lowest BCUT2D eigenvalue weighted by Gasteiger charge is -2.27. The van der Waals surface area contributed by atoms with Crippen LogP contribution in [-0.2, 0) is 20.8 Å². The molecule has 0 unspecified atom stereocenters. The Kier molecular flexibility index (Phi) is 12.4. The Labute approximate surface area is 197 Å². The molecule has 0 saturated carbocycles. The summed E-state index contributed by atoms with van der Waals surface area (Å²) < 4.78 is 0. The van der Waals surface area contributed by atoms with E-state index < -0.39 is 5.60 Å². The van der Waals surface area contributed by atoms with Crippen molar-refractivity contribution in [2.75, 3.05) is 18.8 Å². The summed E-state index contributed by atoms with van der Waals surface area (Å²) in [6.07, 6.45) is 1.61.